The van der Waals surface area contributed by atoms with Gasteiger partial charge < -0.3 is 16.4 Å². The fourth-order valence-electron chi connectivity index (χ4n) is 4.23. The van der Waals surface area contributed by atoms with Gasteiger partial charge in [0.2, 0.25) is 0 Å². The van der Waals surface area contributed by atoms with E-state index in [0.717, 1.165) is 6.07 Å². The molecule has 2 unspecified atom stereocenters. The second-order valence-electron chi connectivity index (χ2n) is 8.46. The van der Waals surface area contributed by atoms with E-state index < -0.39 is 52.6 Å². The quantitative estimate of drug-likeness (QED) is 0.230. The van der Waals surface area contributed by atoms with Gasteiger partial charge >= 0.3 is 6.18 Å². The van der Waals surface area contributed by atoms with Crippen LogP contribution in [0.5, 0.6) is 0 Å². The molecule has 2 heterocycles. The second kappa shape index (κ2) is 10.1. The van der Waals surface area contributed by atoms with Gasteiger partial charge in [-0.05, 0) is 30.7 Å². The van der Waals surface area contributed by atoms with E-state index in [4.69, 9.17) is 11.1 Å². The molecule has 3 aromatic rings. The lowest BCUT2D eigenvalue weighted by Gasteiger charge is -2.32. The van der Waals surface area contributed by atoms with E-state index in [1.54, 1.807) is 24.3 Å². The van der Waals surface area contributed by atoms with Gasteiger partial charge in [-0.25, -0.2) is 8.78 Å². The van der Waals surface area contributed by atoms with Crippen molar-refractivity contribution < 1.29 is 26.7 Å². The Balaban J connectivity index is 1.73. The smallest absolute Gasteiger partial charge is 0.384 e. The summed E-state index contributed by atoms with van der Waals surface area (Å²) in [4.78, 5) is 13.1. The summed E-state index contributed by atoms with van der Waals surface area (Å²) in [5, 5.41) is 16.9. The summed E-state index contributed by atoms with van der Waals surface area (Å²) in [6.07, 6.45) is -4.86. The number of hydrogen-bond acceptors (Lipinski definition) is 5. The number of alkyl halides is 3. The molecule has 12 heteroatoms. The van der Waals surface area contributed by atoms with E-state index in [2.05, 4.69) is 15.7 Å². The van der Waals surface area contributed by atoms with Gasteiger partial charge in [0.05, 0.1) is 11.5 Å². The fourth-order valence-corrected chi connectivity index (χ4v) is 4.23. The third-order valence-corrected chi connectivity index (χ3v) is 6.13. The van der Waals surface area contributed by atoms with E-state index in [1.807, 2.05) is 0 Å². The summed E-state index contributed by atoms with van der Waals surface area (Å²) in [6, 6.07) is 11.4. The van der Waals surface area contributed by atoms with Gasteiger partial charge in [-0.1, -0.05) is 36.4 Å². The van der Waals surface area contributed by atoms with Gasteiger partial charge in [-0.15, -0.1) is 0 Å². The third kappa shape index (κ3) is 5.08. The monoisotopic (exact) mass is 506 g/mol. The number of aromatic nitrogens is 2. The normalized spacial score (nSPS) is 18.1. The van der Waals surface area contributed by atoms with Crippen molar-refractivity contribution in [3.8, 4) is 0 Å². The summed E-state index contributed by atoms with van der Waals surface area (Å²) in [6.45, 7) is -0.104. The number of halogens is 5. The summed E-state index contributed by atoms with van der Waals surface area (Å²) in [5.41, 5.74) is 5.58. The third-order valence-electron chi connectivity index (χ3n) is 6.13. The molecule has 36 heavy (non-hydrogen) atoms. The Labute approximate surface area is 203 Å². The number of piperidine rings is 1. The van der Waals surface area contributed by atoms with Crippen LogP contribution in [-0.4, -0.2) is 40.8 Å². The standard InChI is InChI=1S/C24H23F5N6O/c25-18-4-2-1-3-15(18)23(36)35-22(33-11-13-5-7-14(8-6-13)21(30)31)19(26)20(34-35)16-12-32-10-9-17(16)24(27,28)29/h1-8,16-17,32-33H,9-12H2,(H3,30,31). The Morgan fingerprint density at radius 2 is 1.86 bits per heavy atom. The van der Waals surface area contributed by atoms with Gasteiger partial charge in [-0.3, -0.25) is 10.2 Å². The summed E-state index contributed by atoms with van der Waals surface area (Å²) >= 11 is 0. The number of nitrogens with one attached hydrogen (secondary N) is 3. The molecule has 0 radical (unpaired) electrons. The number of hydrogen-bond donors (Lipinski definition) is 4. The van der Waals surface area contributed by atoms with Crippen LogP contribution in [0, 0.1) is 23.0 Å². The zero-order valence-corrected chi connectivity index (χ0v) is 18.9. The van der Waals surface area contributed by atoms with E-state index in [1.165, 1.54) is 18.2 Å². The lowest BCUT2D eigenvalue weighted by Crippen LogP contribution is -2.42. The molecule has 7 nitrogen and oxygen atoms in total. The Hall–Kier alpha value is -3.80. The maximum Gasteiger partial charge on any atom is 0.392 e. The number of carbonyl (C=O) groups excluding carboxylic acids is 1. The van der Waals surface area contributed by atoms with Crippen LogP contribution >= 0.6 is 0 Å². The molecule has 1 aromatic heterocycles. The average Bonchev–Trinajstić information content (AvgIpc) is 3.18. The number of amidine groups is 1. The van der Waals surface area contributed by atoms with Gasteiger partial charge in [0, 0.05) is 24.6 Å². The van der Waals surface area contributed by atoms with Crippen LogP contribution in [0.15, 0.2) is 48.5 Å². The second-order valence-corrected chi connectivity index (χ2v) is 8.46. The SMILES string of the molecule is N=C(N)c1ccc(CNc2c(F)c(C3CNCCC3C(F)(F)F)nn2C(=O)c2ccccc2F)cc1. The summed E-state index contributed by atoms with van der Waals surface area (Å²) in [5.74, 6) is -6.85. The van der Waals surface area contributed by atoms with Gasteiger partial charge in [0.25, 0.3) is 5.91 Å². The van der Waals surface area contributed by atoms with E-state index >= 15 is 4.39 Å². The highest BCUT2D eigenvalue weighted by atomic mass is 19.4. The first-order chi connectivity index (χ1) is 17.1. The van der Waals surface area contributed by atoms with E-state index in [-0.39, 0.29) is 31.9 Å². The molecule has 1 fully saturated rings. The molecule has 1 aliphatic heterocycles. The van der Waals surface area contributed by atoms with Crippen molar-refractivity contribution in [1.29, 1.82) is 5.41 Å². The van der Waals surface area contributed by atoms with Crippen LogP contribution in [0.3, 0.4) is 0 Å². The molecule has 4 rings (SSSR count). The Kier molecular flexibility index (Phi) is 7.07. The molecule has 0 aliphatic carbocycles. The molecule has 0 spiro atoms. The molecule has 0 bridgehead atoms. The molecule has 1 aliphatic rings. The van der Waals surface area contributed by atoms with Crippen molar-refractivity contribution in [2.24, 2.45) is 11.7 Å². The molecule has 0 amide bonds. The maximum absolute atomic E-state index is 15.7. The Morgan fingerprint density at radius 1 is 1.17 bits per heavy atom. The predicted octanol–water partition coefficient (Wildman–Crippen LogP) is 4.00. The lowest BCUT2D eigenvalue weighted by molar-refractivity contribution is -0.185. The molecule has 5 N–H and O–H groups in total. The number of anilines is 1. The van der Waals surface area contributed by atoms with Crippen molar-refractivity contribution in [3.05, 3.63) is 82.5 Å². The van der Waals surface area contributed by atoms with Crippen LogP contribution in [0.4, 0.5) is 27.8 Å². The first kappa shape index (κ1) is 25.3. The molecule has 2 atom stereocenters. The van der Waals surface area contributed by atoms with Crippen LogP contribution in [-0.2, 0) is 6.54 Å². The summed E-state index contributed by atoms with van der Waals surface area (Å²) < 4.78 is 71.7. The molecule has 1 saturated heterocycles. The van der Waals surface area contributed by atoms with Gasteiger partial charge in [0.1, 0.15) is 17.3 Å². The minimum atomic E-state index is -4.59. The van der Waals surface area contributed by atoms with Crippen molar-refractivity contribution in [3.63, 3.8) is 0 Å². The molecular formula is C24H23F5N6O. The number of nitrogen functional groups attached to an aromatic ring is 1. The Bertz CT molecular complexity index is 1270. The van der Waals surface area contributed by atoms with E-state index in [9.17, 15) is 22.4 Å². The average molecular weight is 506 g/mol. The minimum Gasteiger partial charge on any atom is -0.384 e. The fraction of sp³-hybridized carbons (Fsp3) is 0.292. The van der Waals surface area contributed by atoms with Crippen LogP contribution < -0.4 is 16.4 Å². The number of carbonyl (C=O) groups is 1. The topological polar surface area (TPSA) is 109 Å². The Morgan fingerprint density at radius 3 is 2.50 bits per heavy atom. The van der Waals surface area contributed by atoms with Crippen LogP contribution in [0.1, 0.15) is 39.5 Å². The van der Waals surface area contributed by atoms with Gasteiger partial charge in [0.15, 0.2) is 11.6 Å². The van der Waals surface area contributed by atoms with Gasteiger partial charge in [-0.2, -0.15) is 23.0 Å². The molecule has 2 aromatic carbocycles. The highest BCUT2D eigenvalue weighted by Crippen LogP contribution is 2.42. The van der Waals surface area contributed by atoms with Crippen LogP contribution in [0.2, 0.25) is 0 Å². The van der Waals surface area contributed by atoms with Crippen molar-refractivity contribution in [2.75, 3.05) is 18.4 Å². The van der Waals surface area contributed by atoms with Crippen molar-refractivity contribution in [1.82, 2.24) is 15.1 Å². The van der Waals surface area contributed by atoms with Crippen molar-refractivity contribution in [2.45, 2.75) is 25.1 Å². The largest absolute Gasteiger partial charge is 0.392 e. The molecular weight excluding hydrogens is 483 g/mol. The number of nitrogens with two attached hydrogens (primary N) is 1. The first-order valence-corrected chi connectivity index (χ1v) is 11.1. The highest BCUT2D eigenvalue weighted by Gasteiger charge is 2.48. The predicted molar refractivity (Wildman–Crippen MR) is 123 cm³/mol. The minimum absolute atomic E-state index is 0.0313. The number of nitrogens with zero attached hydrogens (tertiary/aromatic N) is 2. The highest BCUT2D eigenvalue weighted by molar-refractivity contribution is 5.97. The lowest BCUT2D eigenvalue weighted by atomic mass is 9.83. The zero-order chi connectivity index (χ0) is 26.0. The van der Waals surface area contributed by atoms with E-state index in [0.29, 0.717) is 15.8 Å². The number of benzene rings is 2. The van der Waals surface area contributed by atoms with Crippen LogP contribution in [0.25, 0.3) is 0 Å². The summed E-state index contributed by atoms with van der Waals surface area (Å²) in [7, 11) is 0. The molecule has 0 saturated carbocycles. The first-order valence-electron chi connectivity index (χ1n) is 11.1. The maximum atomic E-state index is 15.7. The van der Waals surface area contributed by atoms with Crippen molar-refractivity contribution >= 4 is 17.6 Å². The number of rotatable bonds is 6. The molecule has 190 valence electrons. The zero-order valence-electron chi connectivity index (χ0n) is 18.9.